The van der Waals surface area contributed by atoms with Crippen molar-refractivity contribution in [3.63, 3.8) is 0 Å². The molecule has 7 nitrogen and oxygen atoms in total. The summed E-state index contributed by atoms with van der Waals surface area (Å²) in [4.78, 5) is 12.9. The molecule has 3 aromatic rings. The van der Waals surface area contributed by atoms with Crippen LogP contribution in [0.3, 0.4) is 0 Å². The summed E-state index contributed by atoms with van der Waals surface area (Å²) in [5.41, 5.74) is 0.905. The molecule has 13 heteroatoms. The van der Waals surface area contributed by atoms with Gasteiger partial charge in [-0.05, 0) is 32.0 Å². The number of hydrogen-bond donors (Lipinski definition) is 1. The Hall–Kier alpha value is -3.25. The molecule has 2 heterocycles. The summed E-state index contributed by atoms with van der Waals surface area (Å²) in [7, 11) is 0. The zero-order valence-corrected chi connectivity index (χ0v) is 16.3. The second kappa shape index (κ2) is 8.47. The van der Waals surface area contributed by atoms with Crippen LogP contribution in [0.15, 0.2) is 34.9 Å². The number of ether oxygens (including phenoxy) is 1. The van der Waals surface area contributed by atoms with Crippen molar-refractivity contribution in [3.8, 4) is 6.01 Å². The Morgan fingerprint density at radius 3 is 2.29 bits per heavy atom. The molecule has 0 unspecified atom stereocenters. The fourth-order valence-corrected chi connectivity index (χ4v) is 2.69. The summed E-state index contributed by atoms with van der Waals surface area (Å²) in [6.45, 7) is 4.14. The Morgan fingerprint density at radius 1 is 1.00 bits per heavy atom. The molecule has 3 rings (SSSR count). The van der Waals surface area contributed by atoms with E-state index in [2.05, 4.69) is 25.0 Å². The highest BCUT2D eigenvalue weighted by atomic mass is 19.4. The number of alkyl halides is 6. The molecule has 0 aliphatic rings. The summed E-state index contributed by atoms with van der Waals surface area (Å²) in [5, 5.41) is 3.53. The Kier molecular flexibility index (Phi) is 6.13. The van der Waals surface area contributed by atoms with E-state index in [9.17, 15) is 26.3 Å². The van der Waals surface area contributed by atoms with Crippen molar-refractivity contribution in [1.82, 2.24) is 15.0 Å². The molecule has 0 aliphatic carbocycles. The molecule has 0 bridgehead atoms. The largest absolute Gasteiger partial charge is 0.464 e. The minimum absolute atomic E-state index is 0.139. The predicted octanol–water partition coefficient (Wildman–Crippen LogP) is 5.08. The van der Waals surface area contributed by atoms with Crippen molar-refractivity contribution in [2.24, 2.45) is 0 Å². The molecule has 0 radical (unpaired) electrons. The highest BCUT2D eigenvalue weighted by Crippen LogP contribution is 2.36. The second-order valence-corrected chi connectivity index (χ2v) is 6.29. The molecule has 31 heavy (non-hydrogen) atoms. The maximum Gasteiger partial charge on any atom is 0.434 e. The molecule has 0 spiro atoms. The summed E-state index contributed by atoms with van der Waals surface area (Å²) in [5.74, 6) is -0.430. The van der Waals surface area contributed by atoms with Gasteiger partial charge < -0.3 is 19.4 Å². The van der Waals surface area contributed by atoms with Gasteiger partial charge in [0.05, 0.1) is 6.26 Å². The van der Waals surface area contributed by atoms with E-state index in [1.807, 2.05) is 0 Å². The molecule has 0 saturated carbocycles. The number of nitrogens with one attached hydrogen (secondary N) is 1. The smallest absolute Gasteiger partial charge is 0.434 e. The van der Waals surface area contributed by atoms with E-state index in [-0.39, 0.29) is 11.9 Å². The maximum atomic E-state index is 12.9. The first-order chi connectivity index (χ1) is 14.5. The van der Waals surface area contributed by atoms with E-state index in [1.165, 1.54) is 11.2 Å². The van der Waals surface area contributed by atoms with Crippen molar-refractivity contribution in [2.45, 2.75) is 32.3 Å². The first-order valence-electron chi connectivity index (χ1n) is 9.06. The number of rotatable bonds is 7. The van der Waals surface area contributed by atoms with Gasteiger partial charge in [0, 0.05) is 30.2 Å². The van der Waals surface area contributed by atoms with Gasteiger partial charge in [-0.3, -0.25) is 0 Å². The molecule has 2 aromatic heterocycles. The SMILES string of the molecule is CCN(CC)c1nc(Nc2ccc3ccoc3c2)nc(OC(C(F)(F)F)C(F)(F)F)n1. The van der Waals surface area contributed by atoms with Crippen LogP contribution in [0.1, 0.15) is 13.8 Å². The molecule has 1 aromatic carbocycles. The van der Waals surface area contributed by atoms with Crippen LogP contribution in [0, 0.1) is 0 Å². The van der Waals surface area contributed by atoms with Crippen LogP contribution in [0.4, 0.5) is 43.9 Å². The number of halogens is 6. The lowest BCUT2D eigenvalue weighted by atomic mass is 10.2. The zero-order chi connectivity index (χ0) is 22.8. The molecule has 0 atom stereocenters. The molecule has 0 fully saturated rings. The molecule has 0 aliphatic heterocycles. The van der Waals surface area contributed by atoms with Crippen molar-refractivity contribution >= 4 is 28.6 Å². The van der Waals surface area contributed by atoms with Crippen LogP contribution in [0.5, 0.6) is 6.01 Å². The molecule has 0 amide bonds. The van der Waals surface area contributed by atoms with Gasteiger partial charge in [0.1, 0.15) is 5.58 Å². The quantitative estimate of drug-likeness (QED) is 0.504. The molecule has 1 N–H and O–H groups in total. The number of aromatic nitrogens is 3. The standard InChI is InChI=1S/C18H17F6N5O2/c1-3-29(4-2)15-26-14(25-11-6-5-10-7-8-30-12(10)9-11)27-16(28-15)31-13(17(19,20)21)18(22,23)24/h5-9,13H,3-4H2,1-2H3,(H,25,26,27,28). The van der Waals surface area contributed by atoms with Crippen LogP contribution in [0.25, 0.3) is 11.0 Å². The lowest BCUT2D eigenvalue weighted by Crippen LogP contribution is -2.47. The highest BCUT2D eigenvalue weighted by Gasteiger charge is 2.59. The van der Waals surface area contributed by atoms with Gasteiger partial charge in [0.2, 0.25) is 11.9 Å². The first kappa shape index (κ1) is 22.4. The fraction of sp³-hybridized carbons (Fsp3) is 0.389. The van der Waals surface area contributed by atoms with E-state index in [1.54, 1.807) is 38.1 Å². The van der Waals surface area contributed by atoms with Crippen LogP contribution >= 0.6 is 0 Å². The Morgan fingerprint density at radius 2 is 1.68 bits per heavy atom. The van der Waals surface area contributed by atoms with Gasteiger partial charge in [-0.15, -0.1) is 0 Å². The predicted molar refractivity (Wildman–Crippen MR) is 99.4 cm³/mol. The van der Waals surface area contributed by atoms with Crippen molar-refractivity contribution < 1.29 is 35.5 Å². The third-order valence-corrected chi connectivity index (χ3v) is 4.18. The number of nitrogens with zero attached hydrogens (tertiary/aromatic N) is 4. The van der Waals surface area contributed by atoms with Crippen molar-refractivity contribution in [3.05, 3.63) is 30.5 Å². The number of anilines is 3. The number of fused-ring (bicyclic) bond motifs is 1. The Balaban J connectivity index is 1.99. The maximum absolute atomic E-state index is 12.9. The number of hydrogen-bond acceptors (Lipinski definition) is 7. The summed E-state index contributed by atoms with van der Waals surface area (Å²) >= 11 is 0. The molecular weight excluding hydrogens is 432 g/mol. The Bertz CT molecular complexity index is 1020. The topological polar surface area (TPSA) is 76.3 Å². The average molecular weight is 449 g/mol. The summed E-state index contributed by atoms with van der Waals surface area (Å²) in [6.07, 6.45) is -14.0. The first-order valence-corrected chi connectivity index (χ1v) is 9.06. The van der Waals surface area contributed by atoms with Crippen molar-refractivity contribution in [1.29, 1.82) is 0 Å². The van der Waals surface area contributed by atoms with Gasteiger partial charge in [0.25, 0.3) is 6.10 Å². The Labute approximate surface area is 172 Å². The van der Waals surface area contributed by atoms with E-state index in [0.29, 0.717) is 24.4 Å². The number of furan rings is 1. The van der Waals surface area contributed by atoms with E-state index in [4.69, 9.17) is 4.42 Å². The van der Waals surface area contributed by atoms with Crippen LogP contribution in [0.2, 0.25) is 0 Å². The lowest BCUT2D eigenvalue weighted by Gasteiger charge is -2.24. The fourth-order valence-electron chi connectivity index (χ4n) is 2.69. The van der Waals surface area contributed by atoms with Gasteiger partial charge in [-0.2, -0.15) is 41.3 Å². The summed E-state index contributed by atoms with van der Waals surface area (Å²) in [6, 6.07) is 5.51. The van der Waals surface area contributed by atoms with Gasteiger partial charge in [-0.1, -0.05) is 0 Å². The third-order valence-electron chi connectivity index (χ3n) is 4.18. The van der Waals surface area contributed by atoms with E-state index >= 15 is 0 Å². The van der Waals surface area contributed by atoms with Crippen LogP contribution in [-0.2, 0) is 0 Å². The molecule has 0 saturated heterocycles. The molecule has 168 valence electrons. The van der Waals surface area contributed by atoms with Gasteiger partial charge in [-0.25, -0.2) is 0 Å². The zero-order valence-electron chi connectivity index (χ0n) is 16.3. The lowest BCUT2D eigenvalue weighted by molar-refractivity contribution is -0.301. The van der Waals surface area contributed by atoms with Gasteiger partial charge >= 0.3 is 18.4 Å². The minimum Gasteiger partial charge on any atom is -0.464 e. The van der Waals surface area contributed by atoms with Crippen LogP contribution < -0.4 is 15.0 Å². The monoisotopic (exact) mass is 449 g/mol. The second-order valence-electron chi connectivity index (χ2n) is 6.29. The van der Waals surface area contributed by atoms with E-state index < -0.39 is 24.5 Å². The number of benzene rings is 1. The summed E-state index contributed by atoms with van der Waals surface area (Å²) < 4.78 is 86.9. The normalized spacial score (nSPS) is 12.4. The minimum atomic E-state index is -5.71. The third kappa shape index (κ3) is 5.27. The average Bonchev–Trinajstić information content (AvgIpc) is 3.13. The van der Waals surface area contributed by atoms with Crippen molar-refractivity contribution in [2.75, 3.05) is 23.3 Å². The molecular formula is C18H17F6N5O2. The van der Waals surface area contributed by atoms with E-state index in [0.717, 1.165) is 5.39 Å². The van der Waals surface area contributed by atoms with Gasteiger partial charge in [0.15, 0.2) is 0 Å². The van der Waals surface area contributed by atoms with Crippen LogP contribution in [-0.4, -0.2) is 46.5 Å². The highest BCUT2D eigenvalue weighted by molar-refractivity contribution is 5.81.